The van der Waals surface area contributed by atoms with Crippen LogP contribution in [-0.2, 0) is 10.0 Å². The standard InChI is InChI=1S/C24H23ClN4O4S/c1-14-9-10-15(2)22(11-14)34(30,31)29-24-23(26-17-7-5-6-8-18(17)27-24)28-19-12-16(25)20(32-3)13-21(19)33-4/h5-13H,1-4H3,(H,26,28)(H,27,29). The van der Waals surface area contributed by atoms with Gasteiger partial charge in [-0.2, -0.15) is 0 Å². The summed E-state index contributed by atoms with van der Waals surface area (Å²) in [5.41, 5.74) is 3.02. The van der Waals surface area contributed by atoms with Crippen molar-refractivity contribution in [3.8, 4) is 11.5 Å². The maximum absolute atomic E-state index is 13.3. The van der Waals surface area contributed by atoms with Crippen LogP contribution in [0.2, 0.25) is 5.02 Å². The topological polar surface area (TPSA) is 102 Å². The first-order valence-electron chi connectivity index (χ1n) is 10.3. The van der Waals surface area contributed by atoms with E-state index in [-0.39, 0.29) is 16.5 Å². The molecule has 8 nitrogen and oxygen atoms in total. The number of benzene rings is 3. The summed E-state index contributed by atoms with van der Waals surface area (Å²) in [6, 6.07) is 15.6. The molecule has 0 aliphatic carbocycles. The third-order valence-corrected chi connectivity index (χ3v) is 6.94. The number of hydrogen-bond donors (Lipinski definition) is 2. The molecule has 10 heteroatoms. The molecule has 0 saturated carbocycles. The van der Waals surface area contributed by atoms with E-state index in [1.54, 1.807) is 49.4 Å². The Kier molecular flexibility index (Phi) is 6.49. The summed E-state index contributed by atoms with van der Waals surface area (Å²) >= 11 is 6.31. The summed E-state index contributed by atoms with van der Waals surface area (Å²) < 4.78 is 39.9. The SMILES string of the molecule is COc1cc(OC)c(Nc2nc3ccccc3nc2NS(=O)(=O)c2cc(C)ccc2C)cc1Cl. The number of aromatic nitrogens is 2. The van der Waals surface area contributed by atoms with Crippen molar-refractivity contribution in [2.45, 2.75) is 18.7 Å². The van der Waals surface area contributed by atoms with Crippen LogP contribution in [0.4, 0.5) is 17.3 Å². The van der Waals surface area contributed by atoms with Gasteiger partial charge in [-0.3, -0.25) is 4.72 Å². The molecule has 0 aliphatic rings. The van der Waals surface area contributed by atoms with E-state index < -0.39 is 10.0 Å². The highest BCUT2D eigenvalue weighted by molar-refractivity contribution is 7.92. The number of hydrogen-bond acceptors (Lipinski definition) is 7. The van der Waals surface area contributed by atoms with Crippen molar-refractivity contribution in [1.29, 1.82) is 0 Å². The van der Waals surface area contributed by atoms with E-state index in [1.807, 2.05) is 19.1 Å². The molecule has 0 amide bonds. The van der Waals surface area contributed by atoms with E-state index >= 15 is 0 Å². The minimum Gasteiger partial charge on any atom is -0.495 e. The molecule has 0 bridgehead atoms. The Balaban J connectivity index is 1.83. The van der Waals surface area contributed by atoms with Gasteiger partial charge in [-0.05, 0) is 49.2 Å². The van der Waals surface area contributed by atoms with E-state index in [0.29, 0.717) is 38.8 Å². The summed E-state index contributed by atoms with van der Waals surface area (Å²) in [6.07, 6.45) is 0. The van der Waals surface area contributed by atoms with Crippen molar-refractivity contribution in [2.24, 2.45) is 0 Å². The summed E-state index contributed by atoms with van der Waals surface area (Å²) in [5, 5.41) is 3.46. The number of rotatable bonds is 7. The van der Waals surface area contributed by atoms with Crippen LogP contribution in [0.1, 0.15) is 11.1 Å². The molecule has 0 aliphatic heterocycles. The Bertz CT molecular complexity index is 1490. The molecule has 0 unspecified atom stereocenters. The lowest BCUT2D eigenvalue weighted by Gasteiger charge is -2.17. The van der Waals surface area contributed by atoms with Crippen LogP contribution in [0, 0.1) is 13.8 Å². The summed E-state index contributed by atoms with van der Waals surface area (Å²) in [4.78, 5) is 9.30. The zero-order valence-corrected chi connectivity index (χ0v) is 20.6. The summed E-state index contributed by atoms with van der Waals surface area (Å²) in [6.45, 7) is 3.57. The molecule has 1 heterocycles. The first kappa shape index (κ1) is 23.6. The second-order valence-electron chi connectivity index (χ2n) is 7.60. The Morgan fingerprint density at radius 2 is 1.50 bits per heavy atom. The molecule has 0 radical (unpaired) electrons. The number of aryl methyl sites for hydroxylation is 2. The lowest BCUT2D eigenvalue weighted by Crippen LogP contribution is -2.17. The number of nitrogens with zero attached hydrogens (tertiary/aromatic N) is 2. The summed E-state index contributed by atoms with van der Waals surface area (Å²) in [5.74, 6) is 1.09. The average Bonchev–Trinajstić information content (AvgIpc) is 2.81. The van der Waals surface area contributed by atoms with Gasteiger partial charge in [0.25, 0.3) is 10.0 Å². The average molecular weight is 499 g/mol. The monoisotopic (exact) mass is 498 g/mol. The fourth-order valence-electron chi connectivity index (χ4n) is 3.42. The minimum absolute atomic E-state index is 0.0357. The second-order valence-corrected chi connectivity index (χ2v) is 9.65. The lowest BCUT2D eigenvalue weighted by atomic mass is 10.2. The van der Waals surface area contributed by atoms with Gasteiger partial charge in [-0.15, -0.1) is 0 Å². The maximum atomic E-state index is 13.3. The highest BCUT2D eigenvalue weighted by atomic mass is 35.5. The van der Waals surface area contributed by atoms with Gasteiger partial charge >= 0.3 is 0 Å². The molecule has 0 fully saturated rings. The normalized spacial score (nSPS) is 11.3. The van der Waals surface area contributed by atoms with Crippen molar-refractivity contribution in [2.75, 3.05) is 24.3 Å². The van der Waals surface area contributed by atoms with Crippen LogP contribution in [0.3, 0.4) is 0 Å². The van der Waals surface area contributed by atoms with Gasteiger partial charge in [-0.25, -0.2) is 18.4 Å². The predicted molar refractivity (Wildman–Crippen MR) is 134 cm³/mol. The molecule has 2 N–H and O–H groups in total. The van der Waals surface area contributed by atoms with Crippen LogP contribution in [0.25, 0.3) is 11.0 Å². The number of methoxy groups -OCH3 is 2. The van der Waals surface area contributed by atoms with Crippen molar-refractivity contribution < 1.29 is 17.9 Å². The highest BCUT2D eigenvalue weighted by Crippen LogP contribution is 2.38. The van der Waals surface area contributed by atoms with E-state index in [4.69, 9.17) is 21.1 Å². The molecule has 34 heavy (non-hydrogen) atoms. The quantitative estimate of drug-likeness (QED) is 0.348. The number of nitrogens with one attached hydrogen (secondary N) is 2. The van der Waals surface area contributed by atoms with Crippen molar-refractivity contribution >= 4 is 50.0 Å². The van der Waals surface area contributed by atoms with Crippen molar-refractivity contribution in [1.82, 2.24) is 9.97 Å². The Morgan fingerprint density at radius 1 is 0.853 bits per heavy atom. The third-order valence-electron chi connectivity index (χ3n) is 5.16. The van der Waals surface area contributed by atoms with Crippen LogP contribution in [0.15, 0.2) is 59.5 Å². The Labute approximate surface area is 203 Å². The zero-order chi connectivity index (χ0) is 24.5. The van der Waals surface area contributed by atoms with E-state index in [9.17, 15) is 8.42 Å². The first-order valence-corrected chi connectivity index (χ1v) is 12.1. The second kappa shape index (κ2) is 9.36. The largest absolute Gasteiger partial charge is 0.495 e. The predicted octanol–water partition coefficient (Wildman–Crippen LogP) is 5.46. The number of para-hydroxylation sites is 2. The fourth-order valence-corrected chi connectivity index (χ4v) is 5.00. The smallest absolute Gasteiger partial charge is 0.263 e. The Hall–Kier alpha value is -3.56. The van der Waals surface area contributed by atoms with Crippen LogP contribution in [0.5, 0.6) is 11.5 Å². The molecule has 0 atom stereocenters. The van der Waals surface area contributed by atoms with Crippen LogP contribution < -0.4 is 19.5 Å². The minimum atomic E-state index is -3.95. The third kappa shape index (κ3) is 4.71. The maximum Gasteiger partial charge on any atom is 0.263 e. The number of halogens is 1. The van der Waals surface area contributed by atoms with Gasteiger partial charge < -0.3 is 14.8 Å². The molecule has 4 rings (SSSR count). The molecule has 4 aromatic rings. The molecule has 1 aromatic heterocycles. The van der Waals surface area contributed by atoms with Gasteiger partial charge in [-0.1, -0.05) is 35.9 Å². The van der Waals surface area contributed by atoms with Gasteiger partial charge in [0.1, 0.15) is 11.5 Å². The first-order chi connectivity index (χ1) is 16.2. The summed E-state index contributed by atoms with van der Waals surface area (Å²) in [7, 11) is -0.948. The van der Waals surface area contributed by atoms with Gasteiger partial charge in [0.2, 0.25) is 0 Å². The number of fused-ring (bicyclic) bond motifs is 1. The number of anilines is 3. The van der Waals surface area contributed by atoms with Crippen LogP contribution in [-0.4, -0.2) is 32.6 Å². The number of sulfonamides is 1. The molecule has 0 spiro atoms. The van der Waals surface area contributed by atoms with Gasteiger partial charge in [0.05, 0.1) is 40.9 Å². The highest BCUT2D eigenvalue weighted by Gasteiger charge is 2.22. The van der Waals surface area contributed by atoms with Gasteiger partial charge in [0.15, 0.2) is 11.6 Å². The number of ether oxygens (including phenoxy) is 2. The zero-order valence-electron chi connectivity index (χ0n) is 19.0. The molecular weight excluding hydrogens is 476 g/mol. The van der Waals surface area contributed by atoms with Gasteiger partial charge in [0, 0.05) is 6.07 Å². The van der Waals surface area contributed by atoms with Crippen molar-refractivity contribution in [3.05, 3.63) is 70.7 Å². The van der Waals surface area contributed by atoms with E-state index in [2.05, 4.69) is 20.0 Å². The van der Waals surface area contributed by atoms with E-state index in [0.717, 1.165) is 5.56 Å². The molecule has 3 aromatic carbocycles. The Morgan fingerprint density at radius 3 is 2.15 bits per heavy atom. The van der Waals surface area contributed by atoms with E-state index in [1.165, 1.54) is 14.2 Å². The van der Waals surface area contributed by atoms with Crippen LogP contribution >= 0.6 is 11.6 Å². The molecule has 176 valence electrons. The van der Waals surface area contributed by atoms with Crippen molar-refractivity contribution in [3.63, 3.8) is 0 Å². The fraction of sp³-hybridized carbons (Fsp3) is 0.167. The molecule has 0 saturated heterocycles. The lowest BCUT2D eigenvalue weighted by molar-refractivity contribution is 0.396. The molecular formula is C24H23ClN4O4S.